The summed E-state index contributed by atoms with van der Waals surface area (Å²) in [5, 5.41) is 3.23. The Morgan fingerprint density at radius 1 is 1.70 bits per heavy atom. The molecule has 0 heterocycles. The molecular weight excluding hydrogens is 148 g/mol. The minimum Gasteiger partial charge on any atom is -0.323 e. The molecule has 0 bridgehead atoms. The lowest BCUT2D eigenvalue weighted by atomic mass is 10.4. The number of hydrogen-bond donors (Lipinski definition) is 3. The van der Waals surface area contributed by atoms with Crippen molar-refractivity contribution in [2.75, 3.05) is 0 Å². The van der Waals surface area contributed by atoms with Gasteiger partial charge in [0.1, 0.15) is 0 Å². The molecule has 0 saturated carbocycles. The van der Waals surface area contributed by atoms with Crippen LogP contribution in [0.2, 0.25) is 0 Å². The molecule has 0 aromatic carbocycles. The average Bonchev–Trinajstić information content (AvgIpc) is 1.88. The summed E-state index contributed by atoms with van der Waals surface area (Å²) >= 11 is 3.78. The fourth-order valence-electron chi connectivity index (χ4n) is 0.280. The molecule has 56 valence electrons. The van der Waals surface area contributed by atoms with E-state index in [4.69, 9.17) is 11.7 Å². The van der Waals surface area contributed by atoms with Gasteiger partial charge in [-0.25, -0.2) is 5.84 Å². The molecule has 0 aromatic rings. The Kier molecular flexibility index (Phi) is 4.43. The third-order valence-electron chi connectivity index (χ3n) is 0.755. The molecule has 0 rings (SSSR count). The van der Waals surface area contributed by atoms with Gasteiger partial charge in [0.2, 0.25) is 0 Å². The van der Waals surface area contributed by atoms with Crippen LogP contribution in [-0.4, -0.2) is 10.6 Å². The van der Waals surface area contributed by atoms with Crippen LogP contribution in [0.1, 0.15) is 0 Å². The van der Waals surface area contributed by atoms with Crippen molar-refractivity contribution >= 4 is 19.0 Å². The maximum atomic E-state index is 5.19. The minimum atomic E-state index is 0.559. The largest absolute Gasteiger partial charge is 0.323 e. The van der Waals surface area contributed by atoms with E-state index in [1.807, 2.05) is 0 Å². The predicted molar refractivity (Wildman–Crippen MR) is 46.0 cm³/mol. The van der Waals surface area contributed by atoms with Gasteiger partial charge in [0.25, 0.3) is 0 Å². The van der Waals surface area contributed by atoms with Gasteiger partial charge in [-0.2, -0.15) is 5.10 Å². The van der Waals surface area contributed by atoms with Gasteiger partial charge < -0.3 is 5.84 Å². The number of allylic oxidation sites excluding steroid dienone is 2. The lowest BCUT2D eigenvalue weighted by molar-refractivity contribution is 0.646. The first-order valence-corrected chi connectivity index (χ1v) is 2.91. The van der Waals surface area contributed by atoms with Gasteiger partial charge >= 0.3 is 0 Å². The van der Waals surface area contributed by atoms with E-state index in [1.54, 1.807) is 12.2 Å². The highest BCUT2D eigenvalue weighted by Crippen LogP contribution is 1.97. The molecule has 4 N–H and O–H groups in total. The molecule has 0 saturated heterocycles. The Balaban J connectivity index is 3.78. The van der Waals surface area contributed by atoms with E-state index >= 15 is 0 Å². The molecule has 0 amide bonds. The van der Waals surface area contributed by atoms with Crippen molar-refractivity contribution in [2.45, 2.75) is 0 Å². The van der Waals surface area contributed by atoms with Crippen LogP contribution in [0.5, 0.6) is 0 Å². The molecule has 0 atom stereocenters. The lowest BCUT2D eigenvalue weighted by Gasteiger charge is -2.07. The van der Waals surface area contributed by atoms with Gasteiger partial charge in [-0.1, -0.05) is 6.58 Å². The van der Waals surface area contributed by atoms with Gasteiger partial charge in [0, 0.05) is 6.21 Å². The first-order valence-electron chi connectivity index (χ1n) is 2.51. The highest BCUT2D eigenvalue weighted by Gasteiger charge is 1.87. The SMILES string of the molecule is C=C(/C=C\C=N/N)N(N)S. The Morgan fingerprint density at radius 3 is 2.70 bits per heavy atom. The molecule has 10 heavy (non-hydrogen) atoms. The van der Waals surface area contributed by atoms with E-state index in [2.05, 4.69) is 24.5 Å². The monoisotopic (exact) mass is 158 g/mol. The van der Waals surface area contributed by atoms with Crippen molar-refractivity contribution in [3.05, 3.63) is 24.4 Å². The molecule has 0 aliphatic heterocycles. The number of rotatable bonds is 3. The summed E-state index contributed by atoms with van der Waals surface area (Å²) in [5.74, 6) is 10.0. The van der Waals surface area contributed by atoms with Crippen molar-refractivity contribution in [2.24, 2.45) is 16.8 Å². The zero-order chi connectivity index (χ0) is 7.98. The van der Waals surface area contributed by atoms with Crippen LogP contribution in [-0.2, 0) is 0 Å². The predicted octanol–water partition coefficient (Wildman–Crippen LogP) is 0.0213. The van der Waals surface area contributed by atoms with Gasteiger partial charge in [0.05, 0.1) is 5.70 Å². The lowest BCUT2D eigenvalue weighted by Crippen LogP contribution is -2.17. The molecule has 0 spiro atoms. The Bertz CT molecular complexity index is 161. The fourth-order valence-corrected chi connectivity index (χ4v) is 0.347. The molecule has 5 heteroatoms. The van der Waals surface area contributed by atoms with Crippen molar-refractivity contribution in [3.8, 4) is 0 Å². The molecule has 0 aliphatic rings. The third kappa shape index (κ3) is 3.99. The molecule has 0 aromatic heterocycles. The van der Waals surface area contributed by atoms with E-state index in [0.717, 1.165) is 4.41 Å². The summed E-state index contributed by atoms with van der Waals surface area (Å²) < 4.78 is 1.10. The Labute approximate surface area is 65.4 Å². The van der Waals surface area contributed by atoms with E-state index in [0.29, 0.717) is 5.70 Å². The normalized spacial score (nSPS) is 11.0. The smallest absolute Gasteiger partial charge is 0.0570 e. The maximum Gasteiger partial charge on any atom is 0.0570 e. The highest BCUT2D eigenvalue weighted by molar-refractivity contribution is 7.77. The molecule has 0 aliphatic carbocycles. The second-order valence-corrected chi connectivity index (χ2v) is 1.92. The Hall–Kier alpha value is -0.940. The number of hydrazine groups is 1. The summed E-state index contributed by atoms with van der Waals surface area (Å²) in [7, 11) is 0. The number of nitrogens with two attached hydrogens (primary N) is 2. The summed E-state index contributed by atoms with van der Waals surface area (Å²) in [6.45, 7) is 3.56. The molecule has 4 nitrogen and oxygen atoms in total. The van der Waals surface area contributed by atoms with Gasteiger partial charge in [-0.3, -0.25) is 4.41 Å². The maximum absolute atomic E-state index is 5.19. The fraction of sp³-hybridized carbons (Fsp3) is 0. The highest BCUT2D eigenvalue weighted by atomic mass is 32.1. The molecule has 0 radical (unpaired) electrons. The van der Waals surface area contributed by atoms with Crippen molar-refractivity contribution in [1.29, 1.82) is 0 Å². The van der Waals surface area contributed by atoms with Crippen molar-refractivity contribution in [1.82, 2.24) is 4.41 Å². The van der Waals surface area contributed by atoms with Crippen LogP contribution in [0, 0.1) is 0 Å². The second kappa shape index (κ2) is 4.89. The van der Waals surface area contributed by atoms with Crippen LogP contribution in [0.3, 0.4) is 0 Å². The van der Waals surface area contributed by atoms with Gasteiger partial charge in [-0.05, 0) is 25.0 Å². The number of nitrogens with zero attached hydrogens (tertiary/aromatic N) is 2. The second-order valence-electron chi connectivity index (χ2n) is 1.49. The summed E-state index contributed by atoms with van der Waals surface area (Å²) in [4.78, 5) is 0. The summed E-state index contributed by atoms with van der Waals surface area (Å²) in [6.07, 6.45) is 4.66. The van der Waals surface area contributed by atoms with Crippen molar-refractivity contribution in [3.63, 3.8) is 0 Å². The first kappa shape index (κ1) is 9.06. The van der Waals surface area contributed by atoms with Gasteiger partial charge in [-0.15, -0.1) is 0 Å². The number of hydrogen-bond acceptors (Lipinski definition) is 5. The first-order chi connectivity index (χ1) is 4.68. The molecule has 0 unspecified atom stereocenters. The van der Waals surface area contributed by atoms with Gasteiger partial charge in [0.15, 0.2) is 0 Å². The van der Waals surface area contributed by atoms with Crippen LogP contribution in [0.25, 0.3) is 0 Å². The molecular formula is C5H10N4S. The zero-order valence-electron chi connectivity index (χ0n) is 5.44. The number of hydrazone groups is 1. The zero-order valence-corrected chi connectivity index (χ0v) is 6.33. The number of thiol groups is 1. The quantitative estimate of drug-likeness (QED) is 0.178. The van der Waals surface area contributed by atoms with Crippen LogP contribution >= 0.6 is 12.8 Å². The van der Waals surface area contributed by atoms with Crippen LogP contribution in [0.4, 0.5) is 0 Å². The van der Waals surface area contributed by atoms with Crippen molar-refractivity contribution < 1.29 is 0 Å². The Morgan fingerprint density at radius 2 is 2.30 bits per heavy atom. The summed E-state index contributed by atoms with van der Waals surface area (Å²) in [5.41, 5.74) is 0.559. The van der Waals surface area contributed by atoms with E-state index in [1.165, 1.54) is 6.21 Å². The van der Waals surface area contributed by atoms with E-state index in [9.17, 15) is 0 Å². The molecule has 0 fully saturated rings. The summed E-state index contributed by atoms with van der Waals surface area (Å²) in [6, 6.07) is 0. The third-order valence-corrected chi connectivity index (χ3v) is 1.01. The minimum absolute atomic E-state index is 0.559. The topological polar surface area (TPSA) is 67.6 Å². The average molecular weight is 158 g/mol. The van der Waals surface area contributed by atoms with Crippen LogP contribution in [0.15, 0.2) is 29.5 Å². The van der Waals surface area contributed by atoms with Crippen LogP contribution < -0.4 is 11.7 Å². The standard InChI is InChI=1S/C5H10N4S/c1-5(9(7)10)3-2-4-8-6/h2-4,10H,1,6-7H2/b3-2-,8-4-. The van der Waals surface area contributed by atoms with E-state index < -0.39 is 0 Å². The van der Waals surface area contributed by atoms with E-state index in [-0.39, 0.29) is 0 Å².